The Kier molecular flexibility index (Phi) is 8.55. The molecule has 2 amide bonds. The first-order valence-electron chi connectivity index (χ1n) is 14.7. The molecule has 236 valence electrons. The van der Waals surface area contributed by atoms with Crippen LogP contribution in [0, 0.1) is 0 Å². The molecule has 13 nitrogen and oxygen atoms in total. The molecule has 0 saturated carbocycles. The number of carboxylic acid groups (broad SMARTS) is 1. The quantitative estimate of drug-likeness (QED) is 0.191. The lowest BCUT2D eigenvalue weighted by Gasteiger charge is -2.14. The van der Waals surface area contributed by atoms with Crippen LogP contribution in [0.3, 0.4) is 0 Å². The third-order valence-corrected chi connectivity index (χ3v) is 7.73. The van der Waals surface area contributed by atoms with E-state index in [-0.39, 0.29) is 11.9 Å². The average Bonchev–Trinajstić information content (AvgIpc) is 3.67. The SMILES string of the molecule is COc1ccc(Cn2nc(NC3CCN(C(=O)O)C3)c3c(Oc4ccc(C(=O)Nc5cc(N(C)C)ccn5)cc4)ccnc32)cc1. The molecule has 4 heterocycles. The van der Waals surface area contributed by atoms with Gasteiger partial charge < -0.3 is 35.0 Å². The fraction of sp³-hybridized carbons (Fsp3) is 0.242. The van der Waals surface area contributed by atoms with Gasteiger partial charge in [0.25, 0.3) is 5.91 Å². The molecule has 0 bridgehead atoms. The van der Waals surface area contributed by atoms with Crippen LogP contribution in [0.2, 0.25) is 0 Å². The highest BCUT2D eigenvalue weighted by atomic mass is 16.5. The van der Waals surface area contributed by atoms with Crippen molar-refractivity contribution < 1.29 is 24.2 Å². The number of pyridine rings is 2. The van der Waals surface area contributed by atoms with Crippen LogP contribution in [-0.2, 0) is 6.54 Å². The lowest BCUT2D eigenvalue weighted by molar-refractivity contribution is 0.102. The Morgan fingerprint density at radius 3 is 2.43 bits per heavy atom. The summed E-state index contributed by atoms with van der Waals surface area (Å²) in [7, 11) is 5.46. The predicted molar refractivity (Wildman–Crippen MR) is 174 cm³/mol. The monoisotopic (exact) mass is 622 g/mol. The first-order valence-corrected chi connectivity index (χ1v) is 14.7. The number of rotatable bonds is 10. The van der Waals surface area contributed by atoms with Crippen molar-refractivity contribution in [2.24, 2.45) is 0 Å². The first-order chi connectivity index (χ1) is 22.3. The number of nitrogens with zero attached hydrogens (tertiary/aromatic N) is 6. The van der Waals surface area contributed by atoms with Gasteiger partial charge in [-0.1, -0.05) is 12.1 Å². The Bertz CT molecular complexity index is 1860. The largest absolute Gasteiger partial charge is 0.497 e. The molecule has 2 aromatic carbocycles. The summed E-state index contributed by atoms with van der Waals surface area (Å²) in [6.07, 6.45) is 3.01. The molecule has 46 heavy (non-hydrogen) atoms. The van der Waals surface area contributed by atoms with Crippen LogP contribution in [-0.4, -0.2) is 82.1 Å². The van der Waals surface area contributed by atoms with Gasteiger partial charge in [0.1, 0.15) is 28.5 Å². The number of methoxy groups -OCH3 is 1. The summed E-state index contributed by atoms with van der Waals surface area (Å²) in [6.45, 7) is 1.23. The Labute approximate surface area is 265 Å². The molecule has 6 rings (SSSR count). The molecule has 0 aliphatic carbocycles. The molecule has 3 N–H and O–H groups in total. The van der Waals surface area contributed by atoms with Gasteiger partial charge in [0.2, 0.25) is 0 Å². The van der Waals surface area contributed by atoms with Gasteiger partial charge >= 0.3 is 6.09 Å². The van der Waals surface area contributed by atoms with Crippen LogP contribution >= 0.6 is 0 Å². The van der Waals surface area contributed by atoms with E-state index in [9.17, 15) is 14.7 Å². The smallest absolute Gasteiger partial charge is 0.407 e. The molecule has 1 fully saturated rings. The third-order valence-electron chi connectivity index (χ3n) is 7.73. The fourth-order valence-electron chi connectivity index (χ4n) is 5.27. The van der Waals surface area contributed by atoms with E-state index in [1.165, 1.54) is 4.90 Å². The molecule has 1 unspecified atom stereocenters. The Balaban J connectivity index is 1.26. The predicted octanol–water partition coefficient (Wildman–Crippen LogP) is 5.16. The van der Waals surface area contributed by atoms with Crippen LogP contribution in [0.25, 0.3) is 11.0 Å². The van der Waals surface area contributed by atoms with E-state index in [1.54, 1.807) is 60.6 Å². The van der Waals surface area contributed by atoms with Gasteiger partial charge in [0.05, 0.1) is 13.7 Å². The second-order valence-corrected chi connectivity index (χ2v) is 11.1. The minimum absolute atomic E-state index is 0.123. The maximum Gasteiger partial charge on any atom is 0.407 e. The zero-order valence-electron chi connectivity index (χ0n) is 25.7. The average molecular weight is 623 g/mol. The van der Waals surface area contributed by atoms with E-state index in [1.807, 2.05) is 49.3 Å². The summed E-state index contributed by atoms with van der Waals surface area (Å²) in [5, 5.41) is 21.3. The van der Waals surface area contributed by atoms with E-state index < -0.39 is 6.09 Å². The number of carbonyl (C=O) groups is 2. The number of ether oxygens (including phenoxy) is 2. The number of amides is 2. The van der Waals surface area contributed by atoms with Crippen LogP contribution in [0.4, 0.5) is 22.1 Å². The van der Waals surface area contributed by atoms with E-state index in [2.05, 4.69) is 20.6 Å². The molecule has 1 atom stereocenters. The highest BCUT2D eigenvalue weighted by Gasteiger charge is 2.28. The van der Waals surface area contributed by atoms with Crippen LogP contribution in [0.1, 0.15) is 22.3 Å². The molecule has 13 heteroatoms. The highest BCUT2D eigenvalue weighted by molar-refractivity contribution is 6.04. The minimum Gasteiger partial charge on any atom is -0.497 e. The third kappa shape index (κ3) is 6.62. The molecule has 0 spiro atoms. The van der Waals surface area contributed by atoms with Gasteiger partial charge in [-0.15, -0.1) is 0 Å². The van der Waals surface area contributed by atoms with Gasteiger partial charge in [-0.25, -0.2) is 19.4 Å². The number of anilines is 3. The van der Waals surface area contributed by atoms with E-state index >= 15 is 0 Å². The van der Waals surface area contributed by atoms with Gasteiger partial charge in [-0.3, -0.25) is 4.79 Å². The first kappa shape index (κ1) is 30.2. The fourth-order valence-corrected chi connectivity index (χ4v) is 5.27. The number of likely N-dealkylation sites (tertiary alicyclic amines) is 1. The Morgan fingerprint density at radius 2 is 1.74 bits per heavy atom. The number of carbonyl (C=O) groups excluding carboxylic acids is 1. The van der Waals surface area contributed by atoms with E-state index in [0.717, 1.165) is 17.0 Å². The van der Waals surface area contributed by atoms with Crippen LogP contribution in [0.15, 0.2) is 79.1 Å². The Hall–Kier alpha value is -5.85. The summed E-state index contributed by atoms with van der Waals surface area (Å²) in [4.78, 5) is 36.6. The van der Waals surface area contributed by atoms with Gasteiger partial charge in [-0.05, 0) is 54.4 Å². The summed E-state index contributed by atoms with van der Waals surface area (Å²) < 4.78 is 13.4. The number of nitrogens with one attached hydrogen (secondary N) is 2. The number of benzene rings is 2. The summed E-state index contributed by atoms with van der Waals surface area (Å²) in [5.74, 6) is 2.50. The molecule has 0 radical (unpaired) electrons. The van der Waals surface area contributed by atoms with Crippen molar-refractivity contribution in [2.75, 3.05) is 49.8 Å². The molecular formula is C33H34N8O5. The summed E-state index contributed by atoms with van der Waals surface area (Å²) in [5.41, 5.74) is 2.97. The summed E-state index contributed by atoms with van der Waals surface area (Å²) in [6, 6.07) is 19.8. The highest BCUT2D eigenvalue weighted by Crippen LogP contribution is 2.35. The van der Waals surface area contributed by atoms with Gasteiger partial charge in [0, 0.05) is 69.0 Å². The number of hydrogen-bond donors (Lipinski definition) is 3. The van der Waals surface area contributed by atoms with Gasteiger partial charge in [0.15, 0.2) is 11.5 Å². The lowest BCUT2D eigenvalue weighted by Crippen LogP contribution is -2.30. The maximum atomic E-state index is 12.9. The normalized spacial score (nSPS) is 14.2. The number of aromatic nitrogens is 4. The molecule has 1 aliphatic heterocycles. The van der Waals surface area contributed by atoms with Crippen molar-refractivity contribution in [3.8, 4) is 17.2 Å². The molecule has 1 aliphatic rings. The van der Waals surface area contributed by atoms with Crippen molar-refractivity contribution in [3.63, 3.8) is 0 Å². The summed E-state index contributed by atoms with van der Waals surface area (Å²) >= 11 is 0. The topological polar surface area (TPSA) is 147 Å². The molecule has 3 aromatic heterocycles. The van der Waals surface area contributed by atoms with E-state index in [0.29, 0.717) is 65.8 Å². The molecule has 5 aromatic rings. The second kappa shape index (κ2) is 13.0. The Morgan fingerprint density at radius 1 is 1.00 bits per heavy atom. The van der Waals surface area contributed by atoms with Crippen molar-refractivity contribution in [3.05, 3.63) is 90.3 Å². The molecule has 1 saturated heterocycles. The lowest BCUT2D eigenvalue weighted by atomic mass is 10.2. The zero-order chi connectivity index (χ0) is 32.2. The van der Waals surface area contributed by atoms with Crippen molar-refractivity contribution in [2.45, 2.75) is 19.0 Å². The number of fused-ring (bicyclic) bond motifs is 1. The van der Waals surface area contributed by atoms with E-state index in [4.69, 9.17) is 14.6 Å². The molecular weight excluding hydrogens is 588 g/mol. The maximum absolute atomic E-state index is 12.9. The van der Waals surface area contributed by atoms with Crippen molar-refractivity contribution in [1.82, 2.24) is 24.6 Å². The van der Waals surface area contributed by atoms with Crippen LogP contribution < -0.4 is 25.0 Å². The zero-order valence-corrected chi connectivity index (χ0v) is 25.7. The van der Waals surface area contributed by atoms with Crippen LogP contribution in [0.5, 0.6) is 17.2 Å². The second-order valence-electron chi connectivity index (χ2n) is 11.1. The number of hydrogen-bond acceptors (Lipinski definition) is 9. The van der Waals surface area contributed by atoms with Crippen molar-refractivity contribution in [1.29, 1.82) is 0 Å². The standard InChI is InChI=1S/C33H34N8O5/c1-39(2)24-12-15-34-28(18-24)37-32(42)22-6-10-26(11-7-22)46-27-13-16-35-31-29(27)30(36-23-14-17-40(20-23)33(43)44)38-41(31)19-21-4-8-25(45-3)9-5-21/h4-13,15-16,18,23H,14,17,19-20H2,1-3H3,(H,36,38)(H,43,44)(H,34,37,42). The van der Waals surface area contributed by atoms with Crippen molar-refractivity contribution >= 4 is 40.4 Å². The minimum atomic E-state index is -0.944. The van der Waals surface area contributed by atoms with Gasteiger partial charge in [-0.2, -0.15) is 5.10 Å².